The number of amides is 2. The predicted octanol–water partition coefficient (Wildman–Crippen LogP) is 3.43. The monoisotopic (exact) mass is 395 g/mol. The maximum absolute atomic E-state index is 14.0. The third-order valence-electron chi connectivity index (χ3n) is 4.03. The van der Waals surface area contributed by atoms with Gasteiger partial charge in [0.1, 0.15) is 5.84 Å². The molecule has 3 rings (SSSR count). The summed E-state index contributed by atoms with van der Waals surface area (Å²) in [5.41, 5.74) is -3.00. The molecule has 1 aromatic heterocycles. The van der Waals surface area contributed by atoms with E-state index in [1.54, 1.807) is 49.6 Å². The van der Waals surface area contributed by atoms with E-state index >= 15 is 0 Å². The summed E-state index contributed by atoms with van der Waals surface area (Å²) in [6, 6.07) is 10.4. The fourth-order valence-electron chi connectivity index (χ4n) is 2.77. The van der Waals surface area contributed by atoms with Gasteiger partial charge in [-0.25, -0.2) is 4.99 Å². The van der Waals surface area contributed by atoms with Crippen LogP contribution in [0, 0.1) is 0 Å². The Kier molecular flexibility index (Phi) is 4.81. The van der Waals surface area contributed by atoms with Crippen LogP contribution in [0.5, 0.6) is 0 Å². The Hall–Kier alpha value is -2.68. The average molecular weight is 395 g/mol. The van der Waals surface area contributed by atoms with E-state index in [-0.39, 0.29) is 10.7 Å². The first-order chi connectivity index (χ1) is 12.7. The molecule has 0 aliphatic carbocycles. The summed E-state index contributed by atoms with van der Waals surface area (Å²) in [6.45, 7) is 3.17. The molecule has 1 N–H and O–H groups in total. The van der Waals surface area contributed by atoms with Gasteiger partial charge in [0.05, 0.1) is 4.88 Å². The summed E-state index contributed by atoms with van der Waals surface area (Å²) < 4.78 is 42.1. The lowest BCUT2D eigenvalue weighted by molar-refractivity contribution is -0.196. The van der Waals surface area contributed by atoms with Gasteiger partial charge < -0.3 is 5.32 Å². The number of carbonyl (C=O) groups excluding carboxylic acids is 2. The number of rotatable bonds is 4. The summed E-state index contributed by atoms with van der Waals surface area (Å²) in [5, 5.41) is 3.40. The first kappa shape index (κ1) is 19.1. The van der Waals surface area contributed by atoms with Crippen LogP contribution in [0.1, 0.15) is 29.1 Å². The van der Waals surface area contributed by atoms with E-state index in [0.29, 0.717) is 5.56 Å². The molecule has 2 heterocycles. The first-order valence-electron chi connectivity index (χ1n) is 8.09. The Bertz CT molecular complexity index is 879. The number of hydrogen-bond donors (Lipinski definition) is 1. The lowest BCUT2D eigenvalue weighted by Crippen LogP contribution is -2.63. The molecule has 0 fully saturated rings. The minimum absolute atomic E-state index is 0.0610. The highest BCUT2D eigenvalue weighted by atomic mass is 32.1. The number of nitrogens with one attached hydrogen (secondary N) is 1. The lowest BCUT2D eigenvalue weighted by Gasteiger charge is -2.30. The molecule has 27 heavy (non-hydrogen) atoms. The van der Waals surface area contributed by atoms with E-state index in [1.807, 2.05) is 5.32 Å². The number of amidine groups is 1. The molecule has 0 spiro atoms. The van der Waals surface area contributed by atoms with Gasteiger partial charge in [-0.3, -0.25) is 14.5 Å². The summed E-state index contributed by atoms with van der Waals surface area (Å²) in [7, 11) is 0. The number of halogens is 3. The molecule has 0 saturated heterocycles. The zero-order valence-electron chi connectivity index (χ0n) is 14.4. The molecular formula is C18H16F3N3O2S. The average Bonchev–Trinajstić information content (AvgIpc) is 3.23. The van der Waals surface area contributed by atoms with Crippen molar-refractivity contribution in [1.29, 1.82) is 0 Å². The summed E-state index contributed by atoms with van der Waals surface area (Å²) in [5.74, 6) is -2.45. The molecule has 0 bridgehead atoms. The van der Waals surface area contributed by atoms with Crippen LogP contribution in [0.15, 0.2) is 52.8 Å². The van der Waals surface area contributed by atoms with E-state index in [1.165, 1.54) is 12.1 Å². The van der Waals surface area contributed by atoms with E-state index in [0.717, 1.165) is 16.2 Å². The minimum Gasteiger partial charge on any atom is -0.311 e. The summed E-state index contributed by atoms with van der Waals surface area (Å²) in [6.07, 6.45) is -5.11. The van der Waals surface area contributed by atoms with Crippen molar-refractivity contribution in [3.8, 4) is 0 Å². The largest absolute Gasteiger partial charge is 0.442 e. The van der Waals surface area contributed by atoms with Gasteiger partial charge in [-0.2, -0.15) is 13.2 Å². The molecule has 1 unspecified atom stereocenters. The third kappa shape index (κ3) is 3.23. The molecule has 1 aromatic carbocycles. The van der Waals surface area contributed by atoms with E-state index < -0.39 is 29.7 Å². The molecule has 2 amide bonds. The lowest BCUT2D eigenvalue weighted by atomic mass is 10.1. The number of benzene rings is 1. The maximum Gasteiger partial charge on any atom is 0.442 e. The van der Waals surface area contributed by atoms with Crippen molar-refractivity contribution < 1.29 is 22.8 Å². The molecular weight excluding hydrogens is 379 g/mol. The van der Waals surface area contributed by atoms with Crippen LogP contribution in [0.4, 0.5) is 13.2 Å². The van der Waals surface area contributed by atoms with Gasteiger partial charge in [-0.15, -0.1) is 11.3 Å². The molecule has 2 aromatic rings. The van der Waals surface area contributed by atoms with Crippen LogP contribution in [0.3, 0.4) is 0 Å². The second-order valence-electron chi connectivity index (χ2n) is 6.21. The van der Waals surface area contributed by atoms with Crippen LogP contribution < -0.4 is 5.32 Å². The molecule has 0 radical (unpaired) electrons. The number of nitrogens with zero attached hydrogens (tertiary/aromatic N) is 2. The SMILES string of the molecule is CC(C)N1C(=O)C(NC(=O)c2cccs2)(C(F)(F)F)N=C1c1ccccc1. The Morgan fingerprint density at radius 1 is 1.19 bits per heavy atom. The number of thiophene rings is 1. The van der Waals surface area contributed by atoms with Crippen molar-refractivity contribution in [2.75, 3.05) is 0 Å². The molecule has 142 valence electrons. The molecule has 1 aliphatic heterocycles. The second-order valence-corrected chi connectivity index (χ2v) is 7.16. The van der Waals surface area contributed by atoms with Gasteiger partial charge >= 0.3 is 11.8 Å². The Balaban J connectivity index is 2.13. The van der Waals surface area contributed by atoms with Crippen molar-refractivity contribution >= 4 is 29.0 Å². The van der Waals surface area contributed by atoms with Crippen LogP contribution in [-0.4, -0.2) is 40.4 Å². The summed E-state index contributed by atoms with van der Waals surface area (Å²) >= 11 is 0.976. The van der Waals surface area contributed by atoms with Crippen LogP contribution in [0.25, 0.3) is 0 Å². The minimum atomic E-state index is -5.11. The molecule has 5 nitrogen and oxygen atoms in total. The standard InChI is InChI=1S/C18H16F3N3O2S/c1-11(2)24-14(12-7-4-3-5-8-12)22-17(16(24)26,18(19,20)21)23-15(25)13-9-6-10-27-13/h3-11H,1-2H3,(H,23,25). The quantitative estimate of drug-likeness (QED) is 0.862. The highest BCUT2D eigenvalue weighted by Gasteiger charge is 2.67. The van der Waals surface area contributed by atoms with Gasteiger partial charge in [0.2, 0.25) is 0 Å². The van der Waals surface area contributed by atoms with Crippen LogP contribution in [-0.2, 0) is 4.79 Å². The summed E-state index contributed by atoms with van der Waals surface area (Å²) in [4.78, 5) is 30.0. The zero-order valence-corrected chi connectivity index (χ0v) is 15.3. The van der Waals surface area contributed by atoms with Crippen molar-refractivity contribution in [3.05, 3.63) is 58.3 Å². The van der Waals surface area contributed by atoms with Gasteiger partial charge in [-0.1, -0.05) is 36.4 Å². The highest BCUT2D eigenvalue weighted by molar-refractivity contribution is 7.12. The Morgan fingerprint density at radius 3 is 2.37 bits per heavy atom. The first-order valence-corrected chi connectivity index (χ1v) is 8.97. The Morgan fingerprint density at radius 2 is 1.85 bits per heavy atom. The van der Waals surface area contributed by atoms with Crippen LogP contribution in [0.2, 0.25) is 0 Å². The topological polar surface area (TPSA) is 61.8 Å². The fraction of sp³-hybridized carbons (Fsp3) is 0.278. The van der Waals surface area contributed by atoms with Gasteiger partial charge in [0, 0.05) is 11.6 Å². The molecule has 1 atom stereocenters. The second kappa shape index (κ2) is 6.80. The molecule has 9 heteroatoms. The number of hydrogen-bond acceptors (Lipinski definition) is 4. The van der Waals surface area contributed by atoms with Gasteiger partial charge in [0.25, 0.3) is 11.8 Å². The number of aliphatic imine (C=N–C) groups is 1. The number of carbonyl (C=O) groups is 2. The van der Waals surface area contributed by atoms with E-state index in [4.69, 9.17) is 0 Å². The third-order valence-corrected chi connectivity index (χ3v) is 4.90. The van der Waals surface area contributed by atoms with E-state index in [2.05, 4.69) is 4.99 Å². The van der Waals surface area contributed by atoms with Crippen molar-refractivity contribution in [3.63, 3.8) is 0 Å². The van der Waals surface area contributed by atoms with Crippen molar-refractivity contribution in [1.82, 2.24) is 10.2 Å². The zero-order chi connectivity index (χ0) is 19.8. The van der Waals surface area contributed by atoms with Crippen LogP contribution >= 0.6 is 11.3 Å². The predicted molar refractivity (Wildman–Crippen MR) is 95.5 cm³/mol. The normalized spacial score (nSPS) is 20.1. The highest BCUT2D eigenvalue weighted by Crippen LogP contribution is 2.39. The fourth-order valence-corrected chi connectivity index (χ4v) is 3.39. The molecule has 0 saturated carbocycles. The smallest absolute Gasteiger partial charge is 0.311 e. The van der Waals surface area contributed by atoms with Crippen molar-refractivity contribution in [2.24, 2.45) is 4.99 Å². The van der Waals surface area contributed by atoms with E-state index in [9.17, 15) is 22.8 Å². The molecule has 1 aliphatic rings. The Labute approximate surface area is 157 Å². The van der Waals surface area contributed by atoms with Crippen molar-refractivity contribution in [2.45, 2.75) is 31.7 Å². The van der Waals surface area contributed by atoms with Gasteiger partial charge in [-0.05, 0) is 25.3 Å². The maximum atomic E-state index is 14.0. The van der Waals surface area contributed by atoms with Gasteiger partial charge in [0.15, 0.2) is 0 Å². The number of alkyl halides is 3.